The first-order valence-electron chi connectivity index (χ1n) is 17.6. The summed E-state index contributed by atoms with van der Waals surface area (Å²) in [5, 5.41) is 5.79. The average molecular weight is 728 g/mol. The van der Waals surface area contributed by atoms with Gasteiger partial charge in [-0.1, -0.05) is 91.8 Å². The summed E-state index contributed by atoms with van der Waals surface area (Å²) in [7, 11) is 3.20. The van der Waals surface area contributed by atoms with Crippen molar-refractivity contribution < 1.29 is 9.63 Å². The maximum atomic E-state index is 13.5. The van der Waals surface area contributed by atoms with E-state index in [9.17, 15) is 4.79 Å². The van der Waals surface area contributed by atoms with Gasteiger partial charge in [-0.3, -0.25) is 9.63 Å². The summed E-state index contributed by atoms with van der Waals surface area (Å²) in [5.41, 5.74) is 9.01. The number of carbonyl (C=O) groups excluding carboxylic acids is 1. The molecule has 51 heavy (non-hydrogen) atoms. The SMILES string of the molecule is CON(C)C(=O)c1ccc2c(c1)=C1C=C(C(C)(C)C)C=C3C=C(c4ccc(-c5ccc(-c6cccs6)s5)s4)C4=CC(C(C)(C)C)=CC=2[C@@]4(C)[C@@]31C. The molecule has 1 amide bonds. The molecule has 4 aliphatic rings. The zero-order valence-corrected chi connectivity index (χ0v) is 33.6. The summed E-state index contributed by atoms with van der Waals surface area (Å²) in [5.74, 6) is -0.154. The number of allylic oxidation sites excluding steroid dienone is 10. The zero-order valence-electron chi connectivity index (χ0n) is 31.1. The second-order valence-electron chi connectivity index (χ2n) is 16.5. The van der Waals surface area contributed by atoms with Gasteiger partial charge in [0.2, 0.25) is 0 Å². The van der Waals surface area contributed by atoms with E-state index in [1.165, 1.54) is 80.8 Å². The highest BCUT2D eigenvalue weighted by Gasteiger charge is 2.59. The standard InChI is InChI=1S/C45H45NO2S3/c1-42(2,3)27-21-29-22-32(36-15-16-39(50-36)40-18-17-38(51-40)37-12-11-19-49-37)35-25-28(43(4,5)6)24-33-30-14-13-26(41(47)46(9)48-10)20-31(30)34(23-27)44(29,7)45(33,35)8/h11-25H,1-10H3/t44-,45+/m0/s1. The van der Waals surface area contributed by atoms with Crippen molar-refractivity contribution >= 4 is 56.6 Å². The minimum Gasteiger partial charge on any atom is -0.274 e. The molecule has 3 nitrogen and oxygen atoms in total. The third kappa shape index (κ3) is 5.08. The summed E-state index contributed by atoms with van der Waals surface area (Å²) >= 11 is 5.57. The van der Waals surface area contributed by atoms with Crippen molar-refractivity contribution in [2.24, 2.45) is 21.7 Å². The Morgan fingerprint density at radius 1 is 0.686 bits per heavy atom. The van der Waals surface area contributed by atoms with Gasteiger partial charge in [-0.2, -0.15) is 0 Å². The van der Waals surface area contributed by atoms with Gasteiger partial charge in [-0.25, -0.2) is 5.06 Å². The van der Waals surface area contributed by atoms with Crippen LogP contribution in [0.25, 0.3) is 36.2 Å². The van der Waals surface area contributed by atoms with Crippen LogP contribution in [-0.2, 0) is 4.84 Å². The summed E-state index contributed by atoms with van der Waals surface area (Å²) in [6, 6.07) is 19.8. The van der Waals surface area contributed by atoms with E-state index in [1.807, 2.05) is 28.7 Å². The molecule has 0 radical (unpaired) electrons. The summed E-state index contributed by atoms with van der Waals surface area (Å²) in [4.78, 5) is 25.3. The Kier molecular flexibility index (Phi) is 7.80. The van der Waals surface area contributed by atoms with Crippen molar-refractivity contribution in [1.29, 1.82) is 0 Å². The average Bonchev–Trinajstić information content (AvgIpc) is 3.88. The largest absolute Gasteiger partial charge is 0.277 e. The van der Waals surface area contributed by atoms with E-state index in [0.29, 0.717) is 5.56 Å². The Labute approximate surface area is 314 Å². The van der Waals surface area contributed by atoms with E-state index < -0.39 is 0 Å². The lowest BCUT2D eigenvalue weighted by atomic mass is 9.44. The van der Waals surface area contributed by atoms with Crippen molar-refractivity contribution in [2.75, 3.05) is 14.2 Å². The van der Waals surface area contributed by atoms with Crippen molar-refractivity contribution in [3.8, 4) is 19.5 Å². The summed E-state index contributed by atoms with van der Waals surface area (Å²) in [6.45, 7) is 18.7. The molecule has 4 aliphatic carbocycles. The van der Waals surface area contributed by atoms with Crippen LogP contribution in [0.5, 0.6) is 0 Å². The predicted molar refractivity (Wildman–Crippen MR) is 218 cm³/mol. The molecular formula is C45H45NO2S3. The zero-order chi connectivity index (χ0) is 36.2. The molecule has 0 fully saturated rings. The molecule has 6 heteroatoms. The molecule has 0 saturated carbocycles. The highest BCUT2D eigenvalue weighted by molar-refractivity contribution is 7.26. The van der Waals surface area contributed by atoms with Gasteiger partial charge < -0.3 is 0 Å². The molecule has 0 unspecified atom stereocenters. The van der Waals surface area contributed by atoms with Crippen LogP contribution < -0.4 is 10.4 Å². The Morgan fingerprint density at radius 2 is 1.27 bits per heavy atom. The molecule has 260 valence electrons. The van der Waals surface area contributed by atoms with Crippen molar-refractivity contribution in [3.05, 3.63) is 134 Å². The quantitative estimate of drug-likeness (QED) is 0.192. The van der Waals surface area contributed by atoms with Gasteiger partial charge >= 0.3 is 0 Å². The molecular weight excluding hydrogens is 683 g/mol. The van der Waals surface area contributed by atoms with E-state index >= 15 is 0 Å². The molecule has 3 heterocycles. The Bertz CT molecular complexity index is 2430. The van der Waals surface area contributed by atoms with Gasteiger partial charge in [0.05, 0.1) is 7.11 Å². The third-order valence-electron chi connectivity index (χ3n) is 11.6. The molecule has 0 N–H and O–H groups in total. The minimum atomic E-state index is -0.363. The Morgan fingerprint density at radius 3 is 1.88 bits per heavy atom. The number of carbonyl (C=O) groups is 1. The number of benzene rings is 1. The fraction of sp³-hybridized carbons (Fsp3) is 0.311. The lowest BCUT2D eigenvalue weighted by Crippen LogP contribution is -2.55. The van der Waals surface area contributed by atoms with Crippen LogP contribution in [0, 0.1) is 21.7 Å². The summed E-state index contributed by atoms with van der Waals surface area (Å²) < 4.78 is 0. The molecule has 4 aromatic rings. The topological polar surface area (TPSA) is 29.5 Å². The van der Waals surface area contributed by atoms with Gasteiger partial charge in [-0.15, -0.1) is 34.0 Å². The van der Waals surface area contributed by atoms with E-state index in [2.05, 4.69) is 140 Å². The lowest BCUT2D eigenvalue weighted by molar-refractivity contribution is -0.0757. The molecule has 8 rings (SSSR count). The summed E-state index contributed by atoms with van der Waals surface area (Å²) in [6.07, 6.45) is 12.4. The van der Waals surface area contributed by atoms with Gasteiger partial charge in [0, 0.05) is 47.8 Å². The van der Waals surface area contributed by atoms with Gasteiger partial charge in [0.1, 0.15) is 0 Å². The number of fused-ring (bicyclic) bond motifs is 1. The second kappa shape index (κ2) is 11.6. The Balaban J connectivity index is 1.41. The van der Waals surface area contributed by atoms with Crippen molar-refractivity contribution in [3.63, 3.8) is 0 Å². The number of hydrogen-bond acceptors (Lipinski definition) is 5. The maximum Gasteiger partial charge on any atom is 0.277 e. The first-order chi connectivity index (χ1) is 24.1. The van der Waals surface area contributed by atoms with Gasteiger partial charge in [-0.05, 0) is 114 Å². The molecule has 3 aromatic heterocycles. The molecule has 0 bridgehead atoms. The minimum absolute atomic E-state index is 0.0632. The molecule has 2 atom stereocenters. The number of thiophene rings is 3. The lowest BCUT2D eigenvalue weighted by Gasteiger charge is -2.58. The normalized spacial score (nSPS) is 22.4. The third-order valence-corrected chi connectivity index (χ3v) is 15.1. The smallest absolute Gasteiger partial charge is 0.274 e. The fourth-order valence-electron chi connectivity index (χ4n) is 8.26. The second-order valence-corrected chi connectivity index (χ2v) is 19.7. The van der Waals surface area contributed by atoms with Crippen molar-refractivity contribution in [2.45, 2.75) is 55.4 Å². The van der Waals surface area contributed by atoms with Gasteiger partial charge in [0.15, 0.2) is 0 Å². The van der Waals surface area contributed by atoms with Crippen LogP contribution in [0.1, 0.15) is 70.6 Å². The van der Waals surface area contributed by atoms with Crippen LogP contribution >= 0.6 is 34.0 Å². The Hall–Kier alpha value is -3.81. The van der Waals surface area contributed by atoms with Crippen LogP contribution in [0.3, 0.4) is 0 Å². The highest BCUT2D eigenvalue weighted by Crippen LogP contribution is 2.69. The van der Waals surface area contributed by atoms with E-state index in [4.69, 9.17) is 4.84 Å². The first-order valence-corrected chi connectivity index (χ1v) is 20.1. The number of nitrogens with zero attached hydrogens (tertiary/aromatic N) is 1. The van der Waals surface area contributed by atoms with E-state index in [1.54, 1.807) is 18.4 Å². The maximum absolute atomic E-state index is 13.5. The highest BCUT2D eigenvalue weighted by atomic mass is 32.1. The number of rotatable bonds is 5. The van der Waals surface area contributed by atoms with Gasteiger partial charge in [0.25, 0.3) is 5.91 Å². The van der Waals surface area contributed by atoms with E-state index in [0.717, 1.165) is 5.22 Å². The van der Waals surface area contributed by atoms with Crippen LogP contribution in [0.4, 0.5) is 0 Å². The van der Waals surface area contributed by atoms with E-state index in [-0.39, 0.29) is 27.6 Å². The number of hydroxylamine groups is 2. The van der Waals surface area contributed by atoms with Crippen LogP contribution in [0.15, 0.2) is 113 Å². The van der Waals surface area contributed by atoms with Crippen LogP contribution in [0.2, 0.25) is 0 Å². The van der Waals surface area contributed by atoms with Crippen LogP contribution in [-0.4, -0.2) is 25.1 Å². The van der Waals surface area contributed by atoms with Crippen molar-refractivity contribution in [1.82, 2.24) is 5.06 Å². The first kappa shape index (κ1) is 34.3. The predicted octanol–water partition coefficient (Wildman–Crippen LogP) is 11.1. The molecule has 0 saturated heterocycles. The monoisotopic (exact) mass is 727 g/mol. The molecule has 0 spiro atoms. The fourth-order valence-corrected chi connectivity index (χ4v) is 11.2. The molecule has 0 aliphatic heterocycles. The number of amides is 1. The molecule has 1 aromatic carbocycles. The number of hydrogen-bond donors (Lipinski definition) is 0.